The van der Waals surface area contributed by atoms with E-state index in [1.165, 1.54) is 5.56 Å². The summed E-state index contributed by atoms with van der Waals surface area (Å²) in [5.74, 6) is -1.41. The van der Waals surface area contributed by atoms with Gasteiger partial charge in [0, 0.05) is 24.3 Å². The normalized spacial score (nSPS) is 19.6. The van der Waals surface area contributed by atoms with Gasteiger partial charge in [0.15, 0.2) is 5.69 Å². The largest absolute Gasteiger partial charge is 0.481 e. The number of hydrogen-bond donors (Lipinski definition) is 1. The van der Waals surface area contributed by atoms with E-state index in [2.05, 4.69) is 12.1 Å². The number of carbonyl (C=O) groups excluding carboxylic acids is 1. The molecular weight excluding hydrogens is 342 g/mol. The third-order valence-corrected chi connectivity index (χ3v) is 5.72. The van der Waals surface area contributed by atoms with Crippen molar-refractivity contribution in [3.05, 3.63) is 46.8 Å². The lowest BCUT2D eigenvalue weighted by molar-refractivity contribution is -0.143. The fourth-order valence-corrected chi connectivity index (χ4v) is 4.18. The van der Waals surface area contributed by atoms with Crippen LogP contribution < -0.4 is 0 Å². The van der Waals surface area contributed by atoms with Gasteiger partial charge in [-0.25, -0.2) is 4.68 Å². The van der Waals surface area contributed by atoms with E-state index >= 15 is 0 Å². The minimum atomic E-state index is -0.820. The third kappa shape index (κ3) is 3.36. The summed E-state index contributed by atoms with van der Waals surface area (Å²) in [4.78, 5) is 26.2. The van der Waals surface area contributed by atoms with E-state index in [1.807, 2.05) is 23.7 Å². The summed E-state index contributed by atoms with van der Waals surface area (Å²) in [5, 5.41) is 14.0. The molecule has 1 aromatic carbocycles. The number of aliphatic carboxylic acids is 1. The summed E-state index contributed by atoms with van der Waals surface area (Å²) in [7, 11) is 0. The molecule has 6 nitrogen and oxygen atoms in total. The minimum absolute atomic E-state index is 0.120. The van der Waals surface area contributed by atoms with E-state index in [-0.39, 0.29) is 12.5 Å². The highest BCUT2D eigenvalue weighted by molar-refractivity contribution is 5.94. The highest BCUT2D eigenvalue weighted by Crippen LogP contribution is 2.29. The van der Waals surface area contributed by atoms with Gasteiger partial charge in [0.25, 0.3) is 5.91 Å². The van der Waals surface area contributed by atoms with Crippen LogP contribution in [0.25, 0.3) is 5.69 Å². The van der Waals surface area contributed by atoms with Crippen LogP contribution >= 0.6 is 0 Å². The Kier molecular flexibility index (Phi) is 4.72. The lowest BCUT2D eigenvalue weighted by Crippen LogP contribution is -2.42. The van der Waals surface area contributed by atoms with Crippen molar-refractivity contribution < 1.29 is 14.7 Å². The Morgan fingerprint density at radius 3 is 2.59 bits per heavy atom. The molecule has 6 heteroatoms. The second-order valence-corrected chi connectivity index (χ2v) is 7.66. The van der Waals surface area contributed by atoms with Crippen molar-refractivity contribution in [2.75, 3.05) is 13.1 Å². The van der Waals surface area contributed by atoms with Gasteiger partial charge < -0.3 is 10.0 Å². The Labute approximate surface area is 158 Å². The number of fused-ring (bicyclic) bond motifs is 1. The number of amides is 1. The lowest BCUT2D eigenvalue weighted by atomic mass is 9.94. The third-order valence-electron chi connectivity index (χ3n) is 5.72. The van der Waals surface area contributed by atoms with Crippen LogP contribution in [0.5, 0.6) is 0 Å². The summed E-state index contributed by atoms with van der Waals surface area (Å²) in [6.45, 7) is 2.93. The monoisotopic (exact) mass is 367 g/mol. The van der Waals surface area contributed by atoms with Crippen LogP contribution in [-0.4, -0.2) is 44.8 Å². The van der Waals surface area contributed by atoms with Gasteiger partial charge in [0.1, 0.15) is 0 Å². The minimum Gasteiger partial charge on any atom is -0.481 e. The molecule has 0 spiro atoms. The summed E-state index contributed by atoms with van der Waals surface area (Å²) < 4.78 is 1.92. The Bertz CT molecular complexity index is 870. The average Bonchev–Trinajstić information content (AvgIpc) is 3.08. The van der Waals surface area contributed by atoms with Crippen LogP contribution in [0.1, 0.15) is 53.0 Å². The molecule has 27 heavy (non-hydrogen) atoms. The Morgan fingerprint density at radius 2 is 1.85 bits per heavy atom. The van der Waals surface area contributed by atoms with Crippen LogP contribution in [0.3, 0.4) is 0 Å². The van der Waals surface area contributed by atoms with Gasteiger partial charge in [-0.05, 0) is 57.6 Å². The molecule has 1 amide bonds. The number of nitrogens with zero attached hydrogens (tertiary/aromatic N) is 3. The number of carboxylic acid groups (broad SMARTS) is 1. The number of aromatic nitrogens is 2. The smallest absolute Gasteiger partial charge is 0.308 e. The molecule has 1 fully saturated rings. The molecular formula is C21H25N3O3. The fourth-order valence-electron chi connectivity index (χ4n) is 4.18. The van der Waals surface area contributed by atoms with Crippen LogP contribution in [0.4, 0.5) is 0 Å². The van der Waals surface area contributed by atoms with Crippen LogP contribution in [-0.2, 0) is 17.6 Å². The molecule has 1 atom stereocenters. The molecule has 1 aromatic heterocycles. The van der Waals surface area contributed by atoms with Crippen LogP contribution in [0.2, 0.25) is 0 Å². The number of benzene rings is 1. The molecule has 4 rings (SSSR count). The van der Waals surface area contributed by atoms with Crippen molar-refractivity contribution in [2.45, 2.75) is 45.4 Å². The van der Waals surface area contributed by atoms with Crippen molar-refractivity contribution in [3.8, 4) is 5.69 Å². The predicted octanol–water partition coefficient (Wildman–Crippen LogP) is 3.00. The summed E-state index contributed by atoms with van der Waals surface area (Å²) >= 11 is 0. The molecule has 2 heterocycles. The van der Waals surface area contributed by atoms with Gasteiger partial charge in [-0.15, -0.1) is 0 Å². The number of carbonyl (C=O) groups is 2. The Hall–Kier alpha value is -2.63. The first-order valence-corrected chi connectivity index (χ1v) is 9.74. The van der Waals surface area contributed by atoms with Gasteiger partial charge >= 0.3 is 5.97 Å². The summed E-state index contributed by atoms with van der Waals surface area (Å²) in [5.41, 5.74) is 4.84. The number of aryl methyl sites for hydroxylation is 1. The van der Waals surface area contributed by atoms with Gasteiger partial charge in [0.2, 0.25) is 0 Å². The maximum Gasteiger partial charge on any atom is 0.308 e. The molecule has 1 aliphatic carbocycles. The van der Waals surface area contributed by atoms with Crippen molar-refractivity contribution in [3.63, 3.8) is 0 Å². The Morgan fingerprint density at radius 1 is 1.11 bits per heavy atom. The quantitative estimate of drug-likeness (QED) is 0.905. The molecule has 1 saturated heterocycles. The van der Waals surface area contributed by atoms with Crippen molar-refractivity contribution in [1.29, 1.82) is 0 Å². The predicted molar refractivity (Wildman–Crippen MR) is 101 cm³/mol. The first kappa shape index (κ1) is 17.8. The summed E-state index contributed by atoms with van der Waals surface area (Å²) in [6, 6.07) is 8.17. The van der Waals surface area contributed by atoms with E-state index in [4.69, 9.17) is 5.10 Å². The molecule has 0 radical (unpaired) electrons. The number of hydrogen-bond acceptors (Lipinski definition) is 3. The molecule has 0 bridgehead atoms. The number of carboxylic acids is 1. The van der Waals surface area contributed by atoms with E-state index in [0.717, 1.165) is 49.0 Å². The summed E-state index contributed by atoms with van der Waals surface area (Å²) in [6.07, 6.45) is 5.30. The highest BCUT2D eigenvalue weighted by atomic mass is 16.4. The maximum atomic E-state index is 13.2. The van der Waals surface area contributed by atoms with E-state index in [1.54, 1.807) is 4.90 Å². The molecule has 2 aromatic rings. The number of piperidine rings is 1. The van der Waals surface area contributed by atoms with E-state index in [0.29, 0.717) is 18.7 Å². The van der Waals surface area contributed by atoms with Crippen molar-refractivity contribution >= 4 is 11.9 Å². The van der Waals surface area contributed by atoms with Crippen LogP contribution in [0.15, 0.2) is 24.3 Å². The van der Waals surface area contributed by atoms with Crippen molar-refractivity contribution in [2.24, 2.45) is 5.92 Å². The highest BCUT2D eigenvalue weighted by Gasteiger charge is 2.33. The fraction of sp³-hybridized carbons (Fsp3) is 0.476. The van der Waals surface area contributed by atoms with Gasteiger partial charge in [-0.1, -0.05) is 17.7 Å². The van der Waals surface area contributed by atoms with Gasteiger partial charge in [0.05, 0.1) is 11.6 Å². The van der Waals surface area contributed by atoms with Gasteiger partial charge in [-0.3, -0.25) is 9.59 Å². The number of rotatable bonds is 3. The first-order chi connectivity index (χ1) is 13.0. The topological polar surface area (TPSA) is 75.4 Å². The molecule has 2 aliphatic rings. The SMILES string of the molecule is Cc1ccc(-n2nc(C(=O)N3CCC[C@H](C(=O)O)C3)c3c2CCCC3)cc1. The second-order valence-electron chi connectivity index (χ2n) is 7.66. The number of likely N-dealkylation sites (tertiary alicyclic amines) is 1. The molecule has 0 saturated carbocycles. The van der Waals surface area contributed by atoms with Crippen molar-refractivity contribution in [1.82, 2.24) is 14.7 Å². The lowest BCUT2D eigenvalue weighted by Gasteiger charge is -2.30. The average molecular weight is 367 g/mol. The first-order valence-electron chi connectivity index (χ1n) is 9.74. The van der Waals surface area contributed by atoms with E-state index in [9.17, 15) is 14.7 Å². The molecule has 1 aliphatic heterocycles. The molecule has 1 N–H and O–H groups in total. The zero-order valence-corrected chi connectivity index (χ0v) is 15.6. The Balaban J connectivity index is 1.69. The zero-order chi connectivity index (χ0) is 19.0. The maximum absolute atomic E-state index is 13.2. The standard InChI is InChI=1S/C21H25N3O3/c1-14-8-10-16(11-9-14)24-18-7-3-2-6-17(18)19(22-24)20(25)23-12-4-5-15(13-23)21(26)27/h8-11,15H,2-7,12-13H2,1H3,(H,26,27)/t15-/m0/s1. The molecule has 0 unspecified atom stereocenters. The second kappa shape index (κ2) is 7.18. The van der Waals surface area contributed by atoms with Gasteiger partial charge in [-0.2, -0.15) is 5.10 Å². The molecule has 142 valence electrons. The zero-order valence-electron chi connectivity index (χ0n) is 15.6. The van der Waals surface area contributed by atoms with E-state index < -0.39 is 11.9 Å². The van der Waals surface area contributed by atoms with Crippen LogP contribution in [0, 0.1) is 12.8 Å².